The molecule has 0 fully saturated rings. The van der Waals surface area contributed by atoms with Gasteiger partial charge < -0.3 is 4.74 Å². The van der Waals surface area contributed by atoms with E-state index in [0.717, 1.165) is 5.56 Å². The van der Waals surface area contributed by atoms with Crippen LogP contribution in [0.4, 0.5) is 0 Å². The fourth-order valence-corrected chi connectivity index (χ4v) is 1.13. The van der Waals surface area contributed by atoms with Crippen LogP contribution in [0.2, 0.25) is 0 Å². The molecule has 0 amide bonds. The van der Waals surface area contributed by atoms with Crippen LogP contribution in [0, 0.1) is 11.3 Å². The van der Waals surface area contributed by atoms with E-state index in [1.807, 2.05) is 36.4 Å². The summed E-state index contributed by atoms with van der Waals surface area (Å²) < 4.78 is 4.95. The molecule has 0 atom stereocenters. The first-order valence-electron chi connectivity index (χ1n) is 5.01. The number of nitrogens with zero attached hydrogens (tertiary/aromatic N) is 1. The molecular formula is C13H13NO2. The molecule has 0 saturated heterocycles. The van der Waals surface area contributed by atoms with Gasteiger partial charge in [0.1, 0.15) is 11.6 Å². The van der Waals surface area contributed by atoms with Crippen molar-refractivity contribution in [2.45, 2.75) is 20.0 Å². The number of hydrogen-bond acceptors (Lipinski definition) is 3. The summed E-state index contributed by atoms with van der Waals surface area (Å²) in [6, 6.07) is 11.0. The van der Waals surface area contributed by atoms with Gasteiger partial charge in [0.2, 0.25) is 0 Å². The van der Waals surface area contributed by atoms with Crippen molar-refractivity contribution in [2.24, 2.45) is 0 Å². The third-order valence-electron chi connectivity index (χ3n) is 1.79. The van der Waals surface area contributed by atoms with Crippen molar-refractivity contribution in [3.05, 3.63) is 41.5 Å². The van der Waals surface area contributed by atoms with Crippen molar-refractivity contribution in [1.82, 2.24) is 0 Å². The van der Waals surface area contributed by atoms with Crippen LogP contribution in [0.3, 0.4) is 0 Å². The molecule has 0 unspecified atom stereocenters. The Morgan fingerprint density at radius 2 is 2.00 bits per heavy atom. The maximum Gasteiger partial charge on any atom is 0.349 e. The second kappa shape index (κ2) is 5.72. The van der Waals surface area contributed by atoms with Gasteiger partial charge >= 0.3 is 5.97 Å². The summed E-state index contributed by atoms with van der Waals surface area (Å²) in [7, 11) is 0. The van der Waals surface area contributed by atoms with Crippen molar-refractivity contribution in [3.63, 3.8) is 0 Å². The number of benzene rings is 1. The Bertz CT molecular complexity index is 427. The van der Waals surface area contributed by atoms with Gasteiger partial charge in [-0.05, 0) is 25.5 Å². The highest BCUT2D eigenvalue weighted by Crippen LogP contribution is 2.08. The summed E-state index contributed by atoms with van der Waals surface area (Å²) in [5.41, 5.74) is 0.819. The molecule has 3 nitrogen and oxygen atoms in total. The van der Waals surface area contributed by atoms with Crippen molar-refractivity contribution >= 4 is 12.0 Å². The van der Waals surface area contributed by atoms with E-state index in [4.69, 9.17) is 10.00 Å². The smallest absolute Gasteiger partial charge is 0.349 e. The van der Waals surface area contributed by atoms with Crippen LogP contribution in [0.5, 0.6) is 0 Å². The summed E-state index contributed by atoms with van der Waals surface area (Å²) in [4.78, 5) is 11.5. The Hall–Kier alpha value is -2.08. The van der Waals surface area contributed by atoms with Crippen LogP contribution >= 0.6 is 0 Å². The van der Waals surface area contributed by atoms with Crippen LogP contribution in [-0.4, -0.2) is 12.1 Å². The molecule has 0 aliphatic carbocycles. The van der Waals surface area contributed by atoms with Crippen LogP contribution < -0.4 is 0 Å². The fraction of sp³-hybridized carbons (Fsp3) is 0.231. The molecule has 1 rings (SSSR count). The van der Waals surface area contributed by atoms with Crippen molar-refractivity contribution in [2.75, 3.05) is 0 Å². The molecule has 0 saturated carbocycles. The SMILES string of the molecule is CC(C)OC(=O)/C(C#N)=C\c1ccccc1. The zero-order valence-electron chi connectivity index (χ0n) is 9.31. The average molecular weight is 215 g/mol. The van der Waals surface area contributed by atoms with Crippen molar-refractivity contribution in [3.8, 4) is 6.07 Å². The van der Waals surface area contributed by atoms with E-state index < -0.39 is 5.97 Å². The Balaban J connectivity index is 2.88. The topological polar surface area (TPSA) is 50.1 Å². The number of carbonyl (C=O) groups is 1. The number of nitriles is 1. The van der Waals surface area contributed by atoms with Gasteiger partial charge in [-0.15, -0.1) is 0 Å². The lowest BCUT2D eigenvalue weighted by atomic mass is 10.1. The normalized spacial score (nSPS) is 11.0. The minimum atomic E-state index is -0.582. The Morgan fingerprint density at radius 3 is 2.50 bits per heavy atom. The monoisotopic (exact) mass is 215 g/mol. The third-order valence-corrected chi connectivity index (χ3v) is 1.79. The average Bonchev–Trinajstić information content (AvgIpc) is 2.26. The van der Waals surface area contributed by atoms with Crippen LogP contribution in [-0.2, 0) is 9.53 Å². The minimum absolute atomic E-state index is 0.0138. The summed E-state index contributed by atoms with van der Waals surface area (Å²) in [6.07, 6.45) is 1.30. The molecule has 0 aliphatic rings. The molecule has 3 heteroatoms. The quantitative estimate of drug-likeness (QED) is 0.442. The molecule has 0 N–H and O–H groups in total. The number of rotatable bonds is 3. The predicted molar refractivity (Wildman–Crippen MR) is 61.3 cm³/mol. The molecule has 1 aromatic rings. The maximum absolute atomic E-state index is 11.5. The van der Waals surface area contributed by atoms with Gasteiger partial charge in [-0.3, -0.25) is 0 Å². The van der Waals surface area contributed by atoms with Gasteiger partial charge in [-0.2, -0.15) is 5.26 Å². The highest BCUT2D eigenvalue weighted by Gasteiger charge is 2.11. The molecule has 0 bridgehead atoms. The summed E-state index contributed by atoms with van der Waals surface area (Å²) in [5, 5.41) is 8.85. The van der Waals surface area contributed by atoms with Crippen LogP contribution in [0.15, 0.2) is 35.9 Å². The predicted octanol–water partition coefficient (Wildman–Crippen LogP) is 2.55. The largest absolute Gasteiger partial charge is 0.459 e. The van der Waals surface area contributed by atoms with E-state index in [2.05, 4.69) is 0 Å². The first-order chi connectivity index (χ1) is 7.63. The molecule has 0 heterocycles. The lowest BCUT2D eigenvalue weighted by molar-refractivity contribution is -0.142. The first-order valence-corrected chi connectivity index (χ1v) is 5.01. The third kappa shape index (κ3) is 3.58. The van der Waals surface area contributed by atoms with Gasteiger partial charge in [0.25, 0.3) is 0 Å². The zero-order valence-corrected chi connectivity index (χ0v) is 9.31. The van der Waals surface area contributed by atoms with Crippen LogP contribution in [0.1, 0.15) is 19.4 Å². The Labute approximate surface area is 95.0 Å². The molecule has 0 radical (unpaired) electrons. The van der Waals surface area contributed by atoms with Gasteiger partial charge in [0.15, 0.2) is 0 Å². The highest BCUT2D eigenvalue weighted by molar-refractivity contribution is 5.97. The highest BCUT2D eigenvalue weighted by atomic mass is 16.5. The van der Waals surface area contributed by atoms with E-state index in [9.17, 15) is 4.79 Å². The van der Waals surface area contributed by atoms with E-state index in [0.29, 0.717) is 0 Å². The van der Waals surface area contributed by atoms with Crippen LogP contribution in [0.25, 0.3) is 6.08 Å². The second-order valence-corrected chi connectivity index (χ2v) is 3.53. The van der Waals surface area contributed by atoms with Gasteiger partial charge in [-0.1, -0.05) is 30.3 Å². The van der Waals surface area contributed by atoms with Gasteiger partial charge in [0, 0.05) is 0 Å². The molecule has 0 spiro atoms. The zero-order chi connectivity index (χ0) is 12.0. The summed E-state index contributed by atoms with van der Waals surface area (Å²) in [5.74, 6) is -0.582. The number of esters is 1. The summed E-state index contributed by atoms with van der Waals surface area (Å²) >= 11 is 0. The second-order valence-electron chi connectivity index (χ2n) is 3.53. The number of ether oxygens (including phenoxy) is 1. The maximum atomic E-state index is 11.5. The van der Waals surface area contributed by atoms with E-state index in [-0.39, 0.29) is 11.7 Å². The van der Waals surface area contributed by atoms with Gasteiger partial charge in [0.05, 0.1) is 6.10 Å². The van der Waals surface area contributed by atoms with E-state index >= 15 is 0 Å². The lowest BCUT2D eigenvalue weighted by Gasteiger charge is -2.06. The number of carbonyl (C=O) groups excluding carboxylic acids is 1. The van der Waals surface area contributed by atoms with Gasteiger partial charge in [-0.25, -0.2) is 4.79 Å². The minimum Gasteiger partial charge on any atom is -0.459 e. The molecule has 0 aliphatic heterocycles. The number of hydrogen-bond donors (Lipinski definition) is 0. The molecule has 16 heavy (non-hydrogen) atoms. The Kier molecular flexibility index (Phi) is 4.28. The lowest BCUT2D eigenvalue weighted by Crippen LogP contribution is -2.12. The van der Waals surface area contributed by atoms with Crippen molar-refractivity contribution < 1.29 is 9.53 Å². The van der Waals surface area contributed by atoms with E-state index in [1.54, 1.807) is 13.8 Å². The Morgan fingerprint density at radius 1 is 1.38 bits per heavy atom. The fourth-order valence-electron chi connectivity index (χ4n) is 1.13. The van der Waals surface area contributed by atoms with Crippen molar-refractivity contribution in [1.29, 1.82) is 5.26 Å². The first kappa shape index (κ1) is 12.0. The summed E-state index contributed by atoms with van der Waals surface area (Å²) in [6.45, 7) is 3.49. The molecule has 82 valence electrons. The molecule has 1 aromatic carbocycles. The standard InChI is InChI=1S/C13H13NO2/c1-10(2)16-13(15)12(9-14)8-11-6-4-3-5-7-11/h3-8,10H,1-2H3/b12-8-. The van der Waals surface area contributed by atoms with E-state index in [1.165, 1.54) is 6.08 Å². The molecule has 0 aromatic heterocycles. The molecular weight excluding hydrogens is 202 g/mol.